The number of ether oxygens (including phenoxy) is 2. The van der Waals surface area contributed by atoms with E-state index in [1.165, 1.54) is 7.11 Å². The van der Waals surface area contributed by atoms with Crippen LogP contribution in [0.1, 0.15) is 23.5 Å². The predicted octanol–water partition coefficient (Wildman–Crippen LogP) is 3.11. The molecule has 1 atom stereocenters. The molecule has 2 aromatic rings. The molecule has 0 bridgehead atoms. The number of carbonyl (C=O) groups excluding carboxylic acids is 2. The van der Waals surface area contributed by atoms with Crippen molar-refractivity contribution in [3.8, 4) is 5.75 Å². The van der Waals surface area contributed by atoms with Gasteiger partial charge in [0.1, 0.15) is 18.6 Å². The Balaban J connectivity index is 2.02. The maximum Gasteiger partial charge on any atom is 0.313 e. The van der Waals surface area contributed by atoms with Gasteiger partial charge in [0, 0.05) is 6.42 Å². The van der Waals surface area contributed by atoms with Gasteiger partial charge in [0.05, 0.1) is 13.0 Å². The lowest BCUT2D eigenvalue weighted by molar-refractivity contribution is -0.143. The molecule has 0 saturated heterocycles. The minimum Gasteiger partial charge on any atom is -0.489 e. The topological polar surface area (TPSA) is 52.6 Å². The van der Waals surface area contributed by atoms with E-state index in [-0.39, 0.29) is 6.42 Å². The molecule has 0 spiro atoms. The van der Waals surface area contributed by atoms with Gasteiger partial charge in [-0.25, -0.2) is 0 Å². The number of aldehydes is 1. The van der Waals surface area contributed by atoms with Crippen molar-refractivity contribution in [2.45, 2.75) is 18.9 Å². The summed E-state index contributed by atoms with van der Waals surface area (Å²) in [5, 5.41) is 0. The number of esters is 1. The minimum absolute atomic E-state index is 0.108. The Hall–Kier alpha value is -2.62. The van der Waals surface area contributed by atoms with Crippen molar-refractivity contribution in [1.82, 2.24) is 0 Å². The summed E-state index contributed by atoms with van der Waals surface area (Å²) in [7, 11) is 1.32. The fraction of sp³-hybridized carbons (Fsp3) is 0.222. The van der Waals surface area contributed by atoms with E-state index in [1.807, 2.05) is 30.3 Å². The van der Waals surface area contributed by atoms with Gasteiger partial charge in [-0.1, -0.05) is 42.5 Å². The second-order valence-corrected chi connectivity index (χ2v) is 4.82. The maximum atomic E-state index is 11.7. The van der Waals surface area contributed by atoms with Gasteiger partial charge in [0.2, 0.25) is 0 Å². The highest BCUT2D eigenvalue weighted by Gasteiger charge is 2.20. The lowest BCUT2D eigenvalue weighted by atomic mass is 9.96. The molecule has 114 valence electrons. The summed E-state index contributed by atoms with van der Waals surface area (Å²) in [6.07, 6.45) is 0.832. The lowest BCUT2D eigenvalue weighted by Crippen LogP contribution is -2.14. The van der Waals surface area contributed by atoms with Gasteiger partial charge in [0.15, 0.2) is 0 Å². The van der Waals surface area contributed by atoms with Crippen molar-refractivity contribution < 1.29 is 19.1 Å². The van der Waals surface area contributed by atoms with Crippen LogP contribution in [0, 0.1) is 0 Å². The highest BCUT2D eigenvalue weighted by Crippen LogP contribution is 2.23. The molecule has 0 amide bonds. The molecule has 0 fully saturated rings. The number of methoxy groups -OCH3 is 1. The highest BCUT2D eigenvalue weighted by molar-refractivity contribution is 5.81. The normalized spacial score (nSPS) is 11.5. The van der Waals surface area contributed by atoms with Gasteiger partial charge < -0.3 is 14.3 Å². The summed E-state index contributed by atoms with van der Waals surface area (Å²) in [5.41, 5.74) is 1.82. The Bertz CT molecular complexity index is 605. The monoisotopic (exact) mass is 298 g/mol. The second kappa shape index (κ2) is 7.98. The third-order valence-corrected chi connectivity index (χ3v) is 3.35. The fourth-order valence-electron chi connectivity index (χ4n) is 2.14. The molecule has 0 N–H and O–H groups in total. The zero-order valence-corrected chi connectivity index (χ0v) is 12.4. The second-order valence-electron chi connectivity index (χ2n) is 4.82. The Kier molecular flexibility index (Phi) is 5.72. The van der Waals surface area contributed by atoms with Gasteiger partial charge in [-0.3, -0.25) is 4.79 Å². The molecular weight excluding hydrogens is 280 g/mol. The maximum absolute atomic E-state index is 11.7. The molecule has 0 aliphatic heterocycles. The van der Waals surface area contributed by atoms with Crippen LogP contribution in [0.3, 0.4) is 0 Å². The number of hydrogen-bond donors (Lipinski definition) is 0. The number of benzene rings is 2. The quantitative estimate of drug-likeness (QED) is 0.582. The van der Waals surface area contributed by atoms with Crippen LogP contribution in [0.4, 0.5) is 0 Å². The van der Waals surface area contributed by atoms with E-state index in [2.05, 4.69) is 0 Å². The first-order valence-electron chi connectivity index (χ1n) is 7.02. The molecule has 4 nitrogen and oxygen atoms in total. The van der Waals surface area contributed by atoms with Gasteiger partial charge in [-0.2, -0.15) is 0 Å². The molecule has 0 radical (unpaired) electrons. The average Bonchev–Trinajstić information content (AvgIpc) is 2.59. The third kappa shape index (κ3) is 4.19. The summed E-state index contributed by atoms with van der Waals surface area (Å²) >= 11 is 0. The van der Waals surface area contributed by atoms with E-state index in [9.17, 15) is 9.59 Å². The van der Waals surface area contributed by atoms with Crippen molar-refractivity contribution in [2.75, 3.05) is 7.11 Å². The molecular formula is C18H18O4. The summed E-state index contributed by atoms with van der Waals surface area (Å²) < 4.78 is 10.4. The SMILES string of the molecule is COC(=O)[C@@H](CC=O)c1ccc(OCc2ccccc2)cc1. The van der Waals surface area contributed by atoms with Gasteiger partial charge in [-0.15, -0.1) is 0 Å². The zero-order chi connectivity index (χ0) is 15.8. The van der Waals surface area contributed by atoms with Gasteiger partial charge in [0.25, 0.3) is 0 Å². The van der Waals surface area contributed by atoms with Gasteiger partial charge >= 0.3 is 5.97 Å². The van der Waals surface area contributed by atoms with Crippen molar-refractivity contribution in [1.29, 1.82) is 0 Å². The molecule has 2 aromatic carbocycles. The number of rotatable bonds is 7. The van der Waals surface area contributed by atoms with E-state index in [0.717, 1.165) is 17.4 Å². The minimum atomic E-state index is -0.564. The first kappa shape index (κ1) is 15.8. The van der Waals surface area contributed by atoms with Crippen LogP contribution in [0.2, 0.25) is 0 Å². The van der Waals surface area contributed by atoms with Gasteiger partial charge in [-0.05, 0) is 23.3 Å². The average molecular weight is 298 g/mol. The molecule has 0 saturated carbocycles. The van der Waals surface area contributed by atoms with E-state index in [0.29, 0.717) is 12.4 Å². The van der Waals surface area contributed by atoms with Crippen LogP contribution in [-0.2, 0) is 20.9 Å². The molecule has 0 aromatic heterocycles. The van der Waals surface area contributed by atoms with E-state index >= 15 is 0 Å². The van der Waals surface area contributed by atoms with Crippen molar-refractivity contribution >= 4 is 12.3 Å². The Morgan fingerprint density at radius 2 is 1.77 bits per heavy atom. The summed E-state index contributed by atoms with van der Waals surface area (Å²) in [6, 6.07) is 17.0. The van der Waals surface area contributed by atoms with E-state index in [4.69, 9.17) is 9.47 Å². The third-order valence-electron chi connectivity index (χ3n) is 3.35. The summed E-state index contributed by atoms with van der Waals surface area (Å²) in [6.45, 7) is 0.481. The van der Waals surface area contributed by atoms with E-state index < -0.39 is 11.9 Å². The molecule has 2 rings (SSSR count). The molecule has 0 aliphatic rings. The largest absolute Gasteiger partial charge is 0.489 e. The lowest BCUT2D eigenvalue weighted by Gasteiger charge is -2.13. The van der Waals surface area contributed by atoms with Crippen LogP contribution < -0.4 is 4.74 Å². The predicted molar refractivity (Wildman–Crippen MR) is 82.7 cm³/mol. The van der Waals surface area contributed by atoms with E-state index in [1.54, 1.807) is 24.3 Å². The Morgan fingerprint density at radius 1 is 1.09 bits per heavy atom. The highest BCUT2D eigenvalue weighted by atomic mass is 16.5. The molecule has 0 unspecified atom stereocenters. The standard InChI is InChI=1S/C18H18O4/c1-21-18(20)17(11-12-19)15-7-9-16(10-8-15)22-13-14-5-3-2-4-6-14/h2-10,12,17H,11,13H2,1H3/t17-/m0/s1. The Labute approximate surface area is 129 Å². The van der Waals surface area contributed by atoms with Crippen molar-refractivity contribution in [3.05, 3.63) is 65.7 Å². The molecule has 22 heavy (non-hydrogen) atoms. The van der Waals surface area contributed by atoms with Crippen molar-refractivity contribution in [2.24, 2.45) is 0 Å². The molecule has 0 aliphatic carbocycles. The molecule has 0 heterocycles. The first-order chi connectivity index (χ1) is 10.7. The zero-order valence-electron chi connectivity index (χ0n) is 12.4. The van der Waals surface area contributed by atoms with Crippen LogP contribution in [-0.4, -0.2) is 19.4 Å². The smallest absolute Gasteiger partial charge is 0.313 e. The van der Waals surface area contributed by atoms with Crippen LogP contribution in [0.15, 0.2) is 54.6 Å². The Morgan fingerprint density at radius 3 is 2.36 bits per heavy atom. The van der Waals surface area contributed by atoms with Crippen molar-refractivity contribution in [3.63, 3.8) is 0 Å². The molecule has 4 heteroatoms. The first-order valence-corrected chi connectivity index (χ1v) is 7.02. The fourth-order valence-corrected chi connectivity index (χ4v) is 2.14. The van der Waals surface area contributed by atoms with Crippen LogP contribution in [0.5, 0.6) is 5.75 Å². The van der Waals surface area contributed by atoms with Crippen LogP contribution >= 0.6 is 0 Å². The number of carbonyl (C=O) groups is 2. The van der Waals surface area contributed by atoms with Crippen LogP contribution in [0.25, 0.3) is 0 Å². The summed E-state index contributed by atoms with van der Waals surface area (Å²) in [5.74, 6) is -0.266. The summed E-state index contributed by atoms with van der Waals surface area (Å²) in [4.78, 5) is 22.4. The number of hydrogen-bond acceptors (Lipinski definition) is 4.